The van der Waals surface area contributed by atoms with Crippen LogP contribution in [-0.4, -0.2) is 20.1 Å². The van der Waals surface area contributed by atoms with E-state index in [2.05, 4.69) is 19.2 Å². The van der Waals surface area contributed by atoms with Gasteiger partial charge >= 0.3 is 0 Å². The molecule has 1 aromatic carbocycles. The van der Waals surface area contributed by atoms with Crippen LogP contribution < -0.4 is 10.2 Å². The molecule has 0 radical (unpaired) electrons. The summed E-state index contributed by atoms with van der Waals surface area (Å²) in [7, 11) is 1.76. The van der Waals surface area contributed by atoms with Crippen LogP contribution in [0.2, 0.25) is 0 Å². The molecule has 1 fully saturated rings. The lowest BCUT2D eigenvalue weighted by Gasteiger charge is -2.40. The molecule has 0 spiro atoms. The summed E-state index contributed by atoms with van der Waals surface area (Å²) in [4.78, 5) is 1.85. The summed E-state index contributed by atoms with van der Waals surface area (Å²) in [5.41, 5.74) is 1.10. The second kappa shape index (κ2) is 6.08. The number of anilines is 1. The van der Waals surface area contributed by atoms with E-state index in [0.717, 1.165) is 32.4 Å². The monoisotopic (exact) mass is 282 g/mol. The van der Waals surface area contributed by atoms with Crippen molar-refractivity contribution in [3.8, 4) is 0 Å². The van der Waals surface area contributed by atoms with Crippen LogP contribution in [0.5, 0.6) is 0 Å². The molecule has 0 aliphatic carbocycles. The summed E-state index contributed by atoms with van der Waals surface area (Å²) in [5.74, 6) is -0.897. The Morgan fingerprint density at radius 2 is 1.75 bits per heavy atom. The van der Waals surface area contributed by atoms with Crippen molar-refractivity contribution >= 4 is 5.69 Å². The molecule has 20 heavy (non-hydrogen) atoms. The molecular formula is C16H24F2N2. The number of benzene rings is 1. The average molecular weight is 282 g/mol. The van der Waals surface area contributed by atoms with Crippen molar-refractivity contribution in [2.45, 2.75) is 39.7 Å². The zero-order valence-corrected chi connectivity index (χ0v) is 12.6. The second-order valence-corrected chi connectivity index (χ2v) is 6.09. The molecule has 4 heteroatoms. The quantitative estimate of drug-likeness (QED) is 0.906. The number of nitrogens with zero attached hydrogens (tertiary/aromatic N) is 1. The Kier molecular flexibility index (Phi) is 4.63. The fourth-order valence-corrected chi connectivity index (χ4v) is 2.85. The molecular weight excluding hydrogens is 258 g/mol. The van der Waals surface area contributed by atoms with E-state index in [-0.39, 0.29) is 5.69 Å². The van der Waals surface area contributed by atoms with Gasteiger partial charge in [0.15, 0.2) is 0 Å². The zero-order chi connectivity index (χ0) is 14.8. The van der Waals surface area contributed by atoms with Crippen LogP contribution in [0.25, 0.3) is 0 Å². The van der Waals surface area contributed by atoms with Crippen molar-refractivity contribution in [3.05, 3.63) is 29.3 Å². The van der Waals surface area contributed by atoms with Crippen molar-refractivity contribution in [2.75, 3.05) is 25.0 Å². The molecule has 1 N–H and O–H groups in total. The molecule has 1 aliphatic heterocycles. The molecule has 1 saturated heterocycles. The standard InChI is InChI=1S/C16H24F2N2/c1-4-16(2)5-7-20(8-6-16)15-13(17)9-12(11-19-3)10-14(15)18/h9-10,19H,4-8,11H2,1-3H3. The number of nitrogens with one attached hydrogen (secondary N) is 1. The topological polar surface area (TPSA) is 15.3 Å². The van der Waals surface area contributed by atoms with Crippen LogP contribution in [0.15, 0.2) is 12.1 Å². The second-order valence-electron chi connectivity index (χ2n) is 6.09. The predicted molar refractivity (Wildman–Crippen MR) is 79.0 cm³/mol. The third-order valence-corrected chi connectivity index (χ3v) is 4.60. The molecule has 1 aliphatic rings. The van der Waals surface area contributed by atoms with Gasteiger partial charge in [0.1, 0.15) is 17.3 Å². The third-order valence-electron chi connectivity index (χ3n) is 4.60. The van der Waals surface area contributed by atoms with Gasteiger partial charge in [-0.05, 0) is 43.0 Å². The normalized spacial score (nSPS) is 18.4. The summed E-state index contributed by atoms with van der Waals surface area (Å²) in [6.45, 7) is 6.37. The van der Waals surface area contributed by atoms with E-state index in [1.807, 2.05) is 4.90 Å². The van der Waals surface area contributed by atoms with E-state index < -0.39 is 11.6 Å². The molecule has 1 aromatic rings. The summed E-state index contributed by atoms with van der Waals surface area (Å²) in [6.07, 6.45) is 3.09. The third kappa shape index (κ3) is 3.11. The molecule has 0 amide bonds. The highest BCUT2D eigenvalue weighted by molar-refractivity contribution is 5.51. The number of halogens is 2. The number of hydrogen-bond donors (Lipinski definition) is 1. The highest BCUT2D eigenvalue weighted by Crippen LogP contribution is 2.37. The first-order valence-corrected chi connectivity index (χ1v) is 7.36. The lowest BCUT2D eigenvalue weighted by Crippen LogP contribution is -2.39. The van der Waals surface area contributed by atoms with Gasteiger partial charge in [-0.1, -0.05) is 20.3 Å². The van der Waals surface area contributed by atoms with Crippen LogP contribution in [0.1, 0.15) is 38.7 Å². The Labute approximate surface area is 120 Å². The SMILES string of the molecule is CCC1(C)CCN(c2c(F)cc(CNC)cc2F)CC1. The number of piperidine rings is 1. The summed E-state index contributed by atoms with van der Waals surface area (Å²) in [6, 6.07) is 2.87. The van der Waals surface area contributed by atoms with E-state index >= 15 is 0 Å². The smallest absolute Gasteiger partial charge is 0.149 e. The Morgan fingerprint density at radius 1 is 1.20 bits per heavy atom. The van der Waals surface area contributed by atoms with E-state index in [1.54, 1.807) is 7.05 Å². The van der Waals surface area contributed by atoms with Crippen molar-refractivity contribution in [3.63, 3.8) is 0 Å². The maximum absolute atomic E-state index is 14.2. The van der Waals surface area contributed by atoms with Gasteiger partial charge < -0.3 is 10.2 Å². The number of rotatable bonds is 4. The van der Waals surface area contributed by atoms with Crippen LogP contribution in [0.4, 0.5) is 14.5 Å². The molecule has 1 heterocycles. The number of hydrogen-bond acceptors (Lipinski definition) is 2. The van der Waals surface area contributed by atoms with Crippen LogP contribution in [0, 0.1) is 17.0 Å². The van der Waals surface area contributed by atoms with E-state index in [4.69, 9.17) is 0 Å². The minimum atomic E-state index is -0.449. The largest absolute Gasteiger partial charge is 0.367 e. The first-order chi connectivity index (χ1) is 9.49. The summed E-state index contributed by atoms with van der Waals surface area (Å²) >= 11 is 0. The lowest BCUT2D eigenvalue weighted by atomic mass is 9.78. The van der Waals surface area contributed by atoms with Crippen molar-refractivity contribution < 1.29 is 8.78 Å². The van der Waals surface area contributed by atoms with Gasteiger partial charge in [0.2, 0.25) is 0 Å². The Balaban J connectivity index is 2.18. The van der Waals surface area contributed by atoms with E-state index in [9.17, 15) is 8.78 Å². The Morgan fingerprint density at radius 3 is 2.20 bits per heavy atom. The first-order valence-electron chi connectivity index (χ1n) is 7.36. The fourth-order valence-electron chi connectivity index (χ4n) is 2.85. The highest BCUT2D eigenvalue weighted by Gasteiger charge is 2.30. The van der Waals surface area contributed by atoms with E-state index in [0.29, 0.717) is 17.5 Å². The van der Waals surface area contributed by atoms with Gasteiger partial charge in [-0.3, -0.25) is 0 Å². The van der Waals surface area contributed by atoms with Crippen LogP contribution in [0.3, 0.4) is 0 Å². The van der Waals surface area contributed by atoms with Crippen molar-refractivity contribution in [2.24, 2.45) is 5.41 Å². The molecule has 0 saturated carbocycles. The maximum atomic E-state index is 14.2. The molecule has 0 atom stereocenters. The fraction of sp³-hybridized carbons (Fsp3) is 0.625. The van der Waals surface area contributed by atoms with Crippen LogP contribution >= 0.6 is 0 Å². The van der Waals surface area contributed by atoms with E-state index in [1.165, 1.54) is 12.1 Å². The highest BCUT2D eigenvalue weighted by atomic mass is 19.1. The van der Waals surface area contributed by atoms with Gasteiger partial charge in [0.05, 0.1) is 0 Å². The Hall–Kier alpha value is -1.16. The summed E-state index contributed by atoms with van der Waals surface area (Å²) in [5, 5.41) is 2.91. The molecule has 2 rings (SSSR count). The van der Waals surface area contributed by atoms with Gasteiger partial charge in [-0.2, -0.15) is 0 Å². The van der Waals surface area contributed by atoms with Gasteiger partial charge in [0, 0.05) is 19.6 Å². The maximum Gasteiger partial charge on any atom is 0.149 e. The summed E-state index contributed by atoms with van der Waals surface area (Å²) < 4.78 is 28.4. The van der Waals surface area contributed by atoms with Crippen molar-refractivity contribution in [1.82, 2.24) is 5.32 Å². The minimum Gasteiger partial charge on any atom is -0.367 e. The first kappa shape index (κ1) is 15.2. The Bertz CT molecular complexity index is 443. The average Bonchev–Trinajstić information content (AvgIpc) is 2.41. The molecule has 0 unspecified atom stereocenters. The van der Waals surface area contributed by atoms with Crippen LogP contribution in [-0.2, 0) is 6.54 Å². The van der Waals surface area contributed by atoms with Gasteiger partial charge in [0.25, 0.3) is 0 Å². The van der Waals surface area contributed by atoms with Crippen molar-refractivity contribution in [1.29, 1.82) is 0 Å². The molecule has 2 nitrogen and oxygen atoms in total. The predicted octanol–water partition coefficient (Wildman–Crippen LogP) is 3.70. The van der Waals surface area contributed by atoms with Gasteiger partial charge in [-0.25, -0.2) is 8.78 Å². The minimum absolute atomic E-state index is 0.142. The van der Waals surface area contributed by atoms with Gasteiger partial charge in [-0.15, -0.1) is 0 Å². The molecule has 0 bridgehead atoms. The lowest BCUT2D eigenvalue weighted by molar-refractivity contribution is 0.237. The molecule has 112 valence electrons. The molecule has 0 aromatic heterocycles. The zero-order valence-electron chi connectivity index (χ0n) is 12.6.